The Morgan fingerprint density at radius 1 is 0.974 bits per heavy atom. The highest BCUT2D eigenvalue weighted by Crippen LogP contribution is 2.22. The number of oxazole rings is 1. The van der Waals surface area contributed by atoms with E-state index in [2.05, 4.69) is 10.3 Å². The van der Waals surface area contributed by atoms with Gasteiger partial charge in [0.15, 0.2) is 5.58 Å². The minimum atomic E-state index is -0.367. The van der Waals surface area contributed by atoms with Crippen molar-refractivity contribution in [1.82, 2.24) is 10.3 Å². The Morgan fingerprint density at radius 3 is 2.46 bits per heavy atom. The molecule has 0 aliphatic rings. The Balaban J connectivity index is 1.37. The zero-order chi connectivity index (χ0) is 27.8. The van der Waals surface area contributed by atoms with Crippen LogP contribution >= 0.6 is 0 Å². The van der Waals surface area contributed by atoms with Gasteiger partial charge in [0.25, 0.3) is 11.8 Å². The molecule has 0 aliphatic carbocycles. The van der Waals surface area contributed by atoms with E-state index in [1.807, 2.05) is 62.4 Å². The zero-order valence-electron chi connectivity index (χ0n) is 22.3. The van der Waals surface area contributed by atoms with Crippen molar-refractivity contribution in [2.45, 2.75) is 33.2 Å². The van der Waals surface area contributed by atoms with E-state index >= 15 is 0 Å². The summed E-state index contributed by atoms with van der Waals surface area (Å²) in [5.41, 5.74) is 9.09. The highest BCUT2D eigenvalue weighted by molar-refractivity contribution is 5.96. The maximum absolute atomic E-state index is 13.6. The van der Waals surface area contributed by atoms with Gasteiger partial charge in [-0.1, -0.05) is 56.3 Å². The van der Waals surface area contributed by atoms with Crippen molar-refractivity contribution in [3.63, 3.8) is 0 Å². The fourth-order valence-electron chi connectivity index (χ4n) is 4.33. The number of rotatable bonds is 12. The summed E-state index contributed by atoms with van der Waals surface area (Å²) in [6.07, 6.45) is 0.652. The number of amides is 2. The number of fused-ring (bicyclic) bond motifs is 1. The van der Waals surface area contributed by atoms with Gasteiger partial charge in [-0.25, -0.2) is 4.98 Å². The minimum absolute atomic E-state index is 0.0672. The van der Waals surface area contributed by atoms with Gasteiger partial charge < -0.3 is 20.4 Å². The minimum Gasteiger partial charge on any atom is -0.434 e. The van der Waals surface area contributed by atoms with Gasteiger partial charge in [-0.2, -0.15) is 0 Å². The van der Waals surface area contributed by atoms with Crippen LogP contribution in [0.1, 0.15) is 53.3 Å². The number of anilines is 1. The molecule has 2 unspecified atom stereocenters. The molecule has 0 saturated carbocycles. The first-order valence-corrected chi connectivity index (χ1v) is 13.2. The van der Waals surface area contributed by atoms with Gasteiger partial charge in [0.1, 0.15) is 5.52 Å². The molecule has 3 aromatic carbocycles. The number of carbonyl (C=O) groups excluding carboxylic acids is 3. The fraction of sp³-hybridized carbons (Fsp3) is 0.290. The first kappa shape index (κ1) is 27.7. The number of nitrogens with two attached hydrogens (primary N) is 1. The molecule has 0 bridgehead atoms. The average Bonchev–Trinajstić information content (AvgIpc) is 3.42. The van der Waals surface area contributed by atoms with Gasteiger partial charge >= 0.3 is 0 Å². The lowest BCUT2D eigenvalue weighted by Gasteiger charge is -2.29. The second-order valence-electron chi connectivity index (χ2n) is 9.72. The van der Waals surface area contributed by atoms with E-state index in [1.54, 1.807) is 35.2 Å². The predicted molar refractivity (Wildman–Crippen MR) is 151 cm³/mol. The molecule has 39 heavy (non-hydrogen) atoms. The van der Waals surface area contributed by atoms with Gasteiger partial charge in [-0.15, -0.1) is 0 Å². The number of ketones is 1. The highest BCUT2D eigenvalue weighted by atomic mass is 16.4. The molecule has 202 valence electrons. The molecule has 2 amide bonds. The molecule has 3 N–H and O–H groups in total. The molecular weight excluding hydrogens is 492 g/mol. The van der Waals surface area contributed by atoms with Gasteiger partial charge in [-0.05, 0) is 54.3 Å². The van der Waals surface area contributed by atoms with Crippen LogP contribution in [0.4, 0.5) is 5.69 Å². The van der Waals surface area contributed by atoms with Crippen LogP contribution in [0.3, 0.4) is 0 Å². The molecule has 8 nitrogen and oxygen atoms in total. The number of Topliss-reactive ketones (excluding diaryl/α,β-unsaturated/α-hetero) is 1. The fourth-order valence-corrected chi connectivity index (χ4v) is 4.33. The smallest absolute Gasteiger partial charge is 0.264 e. The SMILES string of the molecule is CC(CNC(=O)c1cccc(CN)c1)C(C)C(=O)N(CCCC(=O)c1nc2ccccc2o1)c1ccccc1. The number of para-hydroxylation sites is 3. The second kappa shape index (κ2) is 13.0. The van der Waals surface area contributed by atoms with Crippen LogP contribution in [0, 0.1) is 11.8 Å². The van der Waals surface area contributed by atoms with Gasteiger partial charge in [-0.3, -0.25) is 14.4 Å². The van der Waals surface area contributed by atoms with Crippen LogP contribution in [-0.2, 0) is 11.3 Å². The first-order chi connectivity index (χ1) is 18.9. The van der Waals surface area contributed by atoms with Gasteiger partial charge in [0.2, 0.25) is 11.7 Å². The Morgan fingerprint density at radius 2 is 1.72 bits per heavy atom. The molecule has 1 heterocycles. The summed E-state index contributed by atoms with van der Waals surface area (Å²) in [4.78, 5) is 45.0. The molecule has 0 radical (unpaired) electrons. The van der Waals surface area contributed by atoms with Gasteiger partial charge in [0, 0.05) is 43.2 Å². The van der Waals surface area contributed by atoms with Crippen LogP contribution in [-0.4, -0.2) is 35.7 Å². The lowest BCUT2D eigenvalue weighted by Crippen LogP contribution is -2.41. The van der Waals surface area contributed by atoms with Crippen molar-refractivity contribution in [3.05, 3.63) is 95.9 Å². The summed E-state index contributed by atoms with van der Waals surface area (Å²) < 4.78 is 5.60. The van der Waals surface area contributed by atoms with Gasteiger partial charge in [0.05, 0.1) is 0 Å². The number of hydrogen-bond donors (Lipinski definition) is 2. The number of benzene rings is 3. The Hall–Kier alpha value is -4.30. The highest BCUT2D eigenvalue weighted by Gasteiger charge is 2.27. The van der Waals surface area contributed by atoms with Crippen LogP contribution in [0.5, 0.6) is 0 Å². The van der Waals surface area contributed by atoms with Crippen molar-refractivity contribution in [2.75, 3.05) is 18.0 Å². The molecule has 4 aromatic rings. The predicted octanol–water partition coefficient (Wildman–Crippen LogP) is 4.98. The number of aromatic nitrogens is 1. The maximum atomic E-state index is 13.6. The van der Waals surface area contributed by atoms with Crippen LogP contribution in [0.15, 0.2) is 83.3 Å². The standard InChI is InChI=1S/C31H34N4O4/c1-21(20-33-29(37)24-11-8-10-23(18-24)19-32)22(2)31(38)35(25-12-4-3-5-13-25)17-9-15-27(36)30-34-26-14-6-7-16-28(26)39-30/h3-8,10-14,16,18,21-22H,9,15,17,19-20,32H2,1-2H3,(H,33,37). The lowest BCUT2D eigenvalue weighted by molar-refractivity contribution is -0.123. The first-order valence-electron chi connectivity index (χ1n) is 13.2. The molecule has 8 heteroatoms. The Labute approximate surface area is 228 Å². The third kappa shape index (κ3) is 6.97. The quantitative estimate of drug-likeness (QED) is 0.251. The van der Waals surface area contributed by atoms with E-state index in [-0.39, 0.29) is 41.7 Å². The monoisotopic (exact) mass is 526 g/mol. The van der Waals surface area contributed by atoms with Crippen molar-refractivity contribution in [3.8, 4) is 0 Å². The summed E-state index contributed by atoms with van der Waals surface area (Å²) >= 11 is 0. The van der Waals surface area contributed by atoms with E-state index in [0.29, 0.717) is 42.7 Å². The molecule has 0 aliphatic heterocycles. The molecule has 4 rings (SSSR count). The zero-order valence-corrected chi connectivity index (χ0v) is 22.3. The van der Waals surface area contributed by atoms with Crippen molar-refractivity contribution < 1.29 is 18.8 Å². The summed E-state index contributed by atoms with van der Waals surface area (Å²) in [6, 6.07) is 23.8. The second-order valence-corrected chi connectivity index (χ2v) is 9.72. The third-order valence-electron chi connectivity index (χ3n) is 6.90. The maximum Gasteiger partial charge on any atom is 0.264 e. The molecule has 2 atom stereocenters. The van der Waals surface area contributed by atoms with E-state index in [0.717, 1.165) is 11.3 Å². The van der Waals surface area contributed by atoms with E-state index in [9.17, 15) is 14.4 Å². The van der Waals surface area contributed by atoms with E-state index in [1.165, 1.54) is 0 Å². The summed E-state index contributed by atoms with van der Waals surface area (Å²) in [5, 5.41) is 2.94. The van der Waals surface area contributed by atoms with Crippen molar-refractivity contribution in [1.29, 1.82) is 0 Å². The lowest BCUT2D eigenvalue weighted by atomic mass is 9.93. The van der Waals surface area contributed by atoms with Crippen LogP contribution < -0.4 is 16.0 Å². The van der Waals surface area contributed by atoms with Crippen LogP contribution in [0.25, 0.3) is 11.1 Å². The number of nitrogens with zero attached hydrogens (tertiary/aromatic N) is 2. The third-order valence-corrected chi connectivity index (χ3v) is 6.90. The van der Waals surface area contributed by atoms with E-state index < -0.39 is 0 Å². The largest absolute Gasteiger partial charge is 0.434 e. The van der Waals surface area contributed by atoms with E-state index in [4.69, 9.17) is 10.2 Å². The number of carbonyl (C=O) groups is 3. The summed E-state index contributed by atoms with van der Waals surface area (Å²) in [6.45, 7) is 4.88. The Bertz CT molecular complexity index is 1400. The summed E-state index contributed by atoms with van der Waals surface area (Å²) in [7, 11) is 0. The molecule has 0 fully saturated rings. The van der Waals surface area contributed by atoms with Crippen molar-refractivity contribution in [2.24, 2.45) is 17.6 Å². The normalized spacial score (nSPS) is 12.6. The Kier molecular flexibility index (Phi) is 9.22. The van der Waals surface area contributed by atoms with Crippen molar-refractivity contribution >= 4 is 34.4 Å². The number of nitrogens with one attached hydrogen (secondary N) is 1. The molecular formula is C31H34N4O4. The molecule has 1 aromatic heterocycles. The summed E-state index contributed by atoms with van der Waals surface area (Å²) in [5.74, 6) is -0.866. The topological polar surface area (TPSA) is 119 Å². The number of hydrogen-bond acceptors (Lipinski definition) is 6. The average molecular weight is 527 g/mol. The molecule has 0 spiro atoms. The molecule has 0 saturated heterocycles. The van der Waals surface area contributed by atoms with Crippen LogP contribution in [0.2, 0.25) is 0 Å².